The lowest BCUT2D eigenvalue weighted by Crippen LogP contribution is -2.52. The highest BCUT2D eigenvalue weighted by molar-refractivity contribution is 5.84. The fourth-order valence-electron chi connectivity index (χ4n) is 4.36. The smallest absolute Gasteiger partial charge is 0.408 e. The Morgan fingerprint density at radius 2 is 1.65 bits per heavy atom. The zero-order valence-corrected chi connectivity index (χ0v) is 16.9. The van der Waals surface area contributed by atoms with Crippen molar-refractivity contribution in [3.63, 3.8) is 0 Å². The molecule has 7 nitrogen and oxygen atoms in total. The number of carbonyl (C=O) groups excluding carboxylic acids is 2. The number of hydrogen-bond donors (Lipinski definition) is 0. The van der Waals surface area contributed by atoms with Crippen LogP contribution in [0.5, 0.6) is 0 Å². The molecule has 1 saturated carbocycles. The summed E-state index contributed by atoms with van der Waals surface area (Å²) in [6, 6.07) is 13.3. The first-order valence-electron chi connectivity index (χ1n) is 10.4. The number of fused-ring (bicyclic) bond motifs is 1. The quantitative estimate of drug-likeness (QED) is 0.645. The highest BCUT2D eigenvalue weighted by Gasteiger charge is 2.46. The van der Waals surface area contributed by atoms with E-state index in [1.807, 2.05) is 0 Å². The topological polar surface area (TPSA) is 75.8 Å². The van der Waals surface area contributed by atoms with E-state index in [0.29, 0.717) is 37.3 Å². The van der Waals surface area contributed by atoms with Gasteiger partial charge in [0.25, 0.3) is 0 Å². The van der Waals surface area contributed by atoms with Crippen molar-refractivity contribution in [1.82, 2.24) is 14.4 Å². The molecule has 1 aromatic heterocycles. The minimum atomic E-state index is -0.552. The molecular formula is C23H22FN3O4. The van der Waals surface area contributed by atoms with E-state index in [1.54, 1.807) is 46.2 Å². The second-order valence-corrected chi connectivity index (χ2v) is 8.13. The maximum absolute atomic E-state index is 13.1. The second-order valence-electron chi connectivity index (χ2n) is 8.13. The lowest BCUT2D eigenvalue weighted by atomic mass is 10.1. The van der Waals surface area contributed by atoms with Gasteiger partial charge in [-0.25, -0.2) is 9.18 Å². The predicted octanol–water partition coefficient (Wildman–Crippen LogP) is 2.21. The molecule has 2 fully saturated rings. The molecule has 3 aromatic rings. The molecule has 1 aliphatic heterocycles. The first-order valence-corrected chi connectivity index (χ1v) is 10.4. The summed E-state index contributed by atoms with van der Waals surface area (Å²) in [6.45, 7) is 1.72. The molecule has 5 rings (SSSR count). The summed E-state index contributed by atoms with van der Waals surface area (Å²) in [6.07, 6.45) is 0.778. The van der Waals surface area contributed by atoms with Gasteiger partial charge >= 0.3 is 5.76 Å². The van der Waals surface area contributed by atoms with E-state index in [4.69, 9.17) is 4.42 Å². The van der Waals surface area contributed by atoms with Crippen molar-refractivity contribution >= 4 is 22.9 Å². The number of amides is 2. The second kappa shape index (κ2) is 7.68. The Bertz CT molecular complexity index is 1190. The lowest BCUT2D eigenvalue weighted by molar-refractivity contribution is -0.140. The molecule has 0 unspecified atom stereocenters. The molecule has 0 radical (unpaired) electrons. The van der Waals surface area contributed by atoms with Crippen LogP contribution in [-0.4, -0.2) is 52.4 Å². The van der Waals surface area contributed by atoms with Crippen molar-refractivity contribution in [3.8, 4) is 0 Å². The fraction of sp³-hybridized carbons (Fsp3) is 0.348. The summed E-state index contributed by atoms with van der Waals surface area (Å²) in [5.74, 6) is -0.824. The Balaban J connectivity index is 1.17. The number of nitrogens with zero attached hydrogens (tertiary/aromatic N) is 3. The van der Waals surface area contributed by atoms with Crippen LogP contribution in [0.15, 0.2) is 57.7 Å². The Kier molecular flexibility index (Phi) is 4.84. The minimum Gasteiger partial charge on any atom is -0.408 e. The number of halogens is 1. The average Bonchev–Trinajstić information content (AvgIpc) is 3.52. The third-order valence-corrected chi connectivity index (χ3v) is 6.22. The van der Waals surface area contributed by atoms with Crippen LogP contribution >= 0.6 is 0 Å². The van der Waals surface area contributed by atoms with Gasteiger partial charge in [-0.1, -0.05) is 24.3 Å². The molecule has 0 spiro atoms. The Labute approximate surface area is 177 Å². The van der Waals surface area contributed by atoms with Crippen molar-refractivity contribution in [3.05, 3.63) is 70.5 Å². The van der Waals surface area contributed by atoms with Gasteiger partial charge in [-0.05, 0) is 42.2 Å². The van der Waals surface area contributed by atoms with Gasteiger partial charge in [-0.3, -0.25) is 14.2 Å². The summed E-state index contributed by atoms with van der Waals surface area (Å²) in [4.78, 5) is 41.1. The Morgan fingerprint density at radius 3 is 2.39 bits per heavy atom. The number of rotatable bonds is 4. The molecule has 31 heavy (non-hydrogen) atoms. The van der Waals surface area contributed by atoms with Crippen LogP contribution < -0.4 is 5.76 Å². The van der Waals surface area contributed by atoms with Gasteiger partial charge in [0.15, 0.2) is 5.58 Å². The lowest BCUT2D eigenvalue weighted by Gasteiger charge is -2.35. The van der Waals surface area contributed by atoms with Crippen molar-refractivity contribution in [2.75, 3.05) is 26.2 Å². The minimum absolute atomic E-state index is 0.0661. The van der Waals surface area contributed by atoms with Crippen LogP contribution in [0.25, 0.3) is 11.1 Å². The largest absolute Gasteiger partial charge is 0.420 e. The van der Waals surface area contributed by atoms with Crippen molar-refractivity contribution in [1.29, 1.82) is 0 Å². The van der Waals surface area contributed by atoms with Crippen molar-refractivity contribution < 1.29 is 18.4 Å². The van der Waals surface area contributed by atoms with Gasteiger partial charge in [-0.2, -0.15) is 0 Å². The van der Waals surface area contributed by atoms with E-state index < -0.39 is 5.76 Å². The summed E-state index contributed by atoms with van der Waals surface area (Å²) in [5.41, 5.74) is 2.04. The van der Waals surface area contributed by atoms with Gasteiger partial charge in [0.2, 0.25) is 11.8 Å². The Morgan fingerprint density at radius 1 is 0.968 bits per heavy atom. The van der Waals surface area contributed by atoms with Gasteiger partial charge < -0.3 is 14.2 Å². The normalized spacial score (nSPS) is 20.8. The summed E-state index contributed by atoms with van der Waals surface area (Å²) in [5, 5.41) is 0. The number of hydrogen-bond acceptors (Lipinski definition) is 4. The van der Waals surface area contributed by atoms with E-state index in [1.165, 1.54) is 16.7 Å². The number of oxazole rings is 1. The molecule has 0 N–H and O–H groups in total. The molecule has 2 heterocycles. The van der Waals surface area contributed by atoms with E-state index in [9.17, 15) is 18.8 Å². The van der Waals surface area contributed by atoms with E-state index >= 15 is 0 Å². The molecule has 2 atom stereocenters. The van der Waals surface area contributed by atoms with Crippen molar-refractivity contribution in [2.24, 2.45) is 5.92 Å². The number of carbonyl (C=O) groups is 2. The molecular weight excluding hydrogens is 401 g/mol. The standard InChI is InChI=1S/C23H22FN3O4/c24-16-7-5-15(6-8-16)17-13-18(17)22(29)26-11-9-25(10-12-26)21(28)14-27-19-3-1-2-4-20(19)31-23(27)30/h1-8,17-18H,9-14H2/t17-,18+/m1/s1. The Hall–Kier alpha value is -3.42. The maximum atomic E-state index is 13.1. The van der Waals surface area contributed by atoms with Gasteiger partial charge in [0.05, 0.1) is 5.52 Å². The molecule has 8 heteroatoms. The van der Waals surface area contributed by atoms with Crippen LogP contribution in [0.4, 0.5) is 4.39 Å². The first-order chi connectivity index (χ1) is 15.0. The van der Waals surface area contributed by atoms with E-state index in [0.717, 1.165) is 12.0 Å². The van der Waals surface area contributed by atoms with Crippen LogP contribution in [-0.2, 0) is 16.1 Å². The molecule has 0 bridgehead atoms. The van der Waals surface area contributed by atoms with E-state index in [-0.39, 0.29) is 36.0 Å². The van der Waals surface area contributed by atoms with Gasteiger partial charge in [0.1, 0.15) is 12.4 Å². The van der Waals surface area contributed by atoms with E-state index in [2.05, 4.69) is 0 Å². The third kappa shape index (κ3) is 3.73. The summed E-state index contributed by atoms with van der Waals surface area (Å²) in [7, 11) is 0. The maximum Gasteiger partial charge on any atom is 0.420 e. The number of benzene rings is 2. The highest BCUT2D eigenvalue weighted by atomic mass is 19.1. The van der Waals surface area contributed by atoms with Crippen molar-refractivity contribution in [2.45, 2.75) is 18.9 Å². The monoisotopic (exact) mass is 423 g/mol. The predicted molar refractivity (Wildman–Crippen MR) is 111 cm³/mol. The molecule has 2 amide bonds. The molecule has 1 saturated heterocycles. The zero-order valence-electron chi connectivity index (χ0n) is 16.9. The third-order valence-electron chi connectivity index (χ3n) is 6.22. The SMILES string of the molecule is O=C(Cn1c(=O)oc2ccccc21)N1CCN(C(=O)[C@H]2C[C@@H]2c2ccc(F)cc2)CC1. The highest BCUT2D eigenvalue weighted by Crippen LogP contribution is 2.48. The van der Waals surface area contributed by atoms with Crippen LogP contribution in [0, 0.1) is 11.7 Å². The molecule has 2 aliphatic rings. The van der Waals surface area contributed by atoms with Crippen LogP contribution in [0.1, 0.15) is 17.9 Å². The average molecular weight is 423 g/mol. The van der Waals surface area contributed by atoms with Crippen LogP contribution in [0.2, 0.25) is 0 Å². The van der Waals surface area contributed by atoms with Crippen LogP contribution in [0.3, 0.4) is 0 Å². The number of aromatic nitrogens is 1. The summed E-state index contributed by atoms with van der Waals surface area (Å²) < 4.78 is 19.6. The molecule has 2 aromatic carbocycles. The zero-order chi connectivity index (χ0) is 21.5. The number of para-hydroxylation sites is 2. The molecule has 160 valence electrons. The summed E-state index contributed by atoms with van der Waals surface area (Å²) >= 11 is 0. The first kappa shape index (κ1) is 19.5. The molecule has 1 aliphatic carbocycles. The number of piperazine rings is 1. The van der Waals surface area contributed by atoms with Gasteiger partial charge in [0, 0.05) is 32.1 Å². The van der Waals surface area contributed by atoms with Gasteiger partial charge in [-0.15, -0.1) is 0 Å². The fourth-order valence-corrected chi connectivity index (χ4v) is 4.36.